The molecule has 1 aromatic heterocycles. The Morgan fingerprint density at radius 3 is 2.76 bits per heavy atom. The van der Waals surface area contributed by atoms with Gasteiger partial charge in [0.2, 0.25) is 0 Å². The Morgan fingerprint density at radius 2 is 2.12 bits per heavy atom. The first-order valence-corrected chi connectivity index (χ1v) is 6.23. The van der Waals surface area contributed by atoms with Crippen LogP contribution in [0.2, 0.25) is 0 Å². The summed E-state index contributed by atoms with van der Waals surface area (Å²) in [6.45, 7) is 7.83. The molecule has 1 heterocycles. The molecule has 0 aliphatic carbocycles. The molecular weight excluding hydrogens is 214 g/mol. The Morgan fingerprint density at radius 1 is 1.35 bits per heavy atom. The number of hydrogen-bond acceptors (Lipinski definition) is 4. The number of hydrogen-bond donors (Lipinski definition) is 1. The fraction of sp³-hybridized carbons (Fsp3) is 0.692. The van der Waals surface area contributed by atoms with E-state index in [1.54, 1.807) is 0 Å². The van der Waals surface area contributed by atoms with Crippen molar-refractivity contribution in [3.63, 3.8) is 0 Å². The highest BCUT2D eigenvalue weighted by Crippen LogP contribution is 2.09. The van der Waals surface area contributed by atoms with Gasteiger partial charge in [0.15, 0.2) is 0 Å². The molecule has 1 N–H and O–H groups in total. The van der Waals surface area contributed by atoms with Crippen LogP contribution >= 0.6 is 0 Å². The summed E-state index contributed by atoms with van der Waals surface area (Å²) in [6.07, 6.45) is 2.23. The van der Waals surface area contributed by atoms with Crippen LogP contribution in [0.25, 0.3) is 0 Å². The summed E-state index contributed by atoms with van der Waals surface area (Å²) in [5, 5.41) is 3.07. The van der Waals surface area contributed by atoms with Crippen LogP contribution in [0.1, 0.15) is 38.1 Å². The summed E-state index contributed by atoms with van der Waals surface area (Å²) in [4.78, 5) is 8.62. The summed E-state index contributed by atoms with van der Waals surface area (Å²) in [6, 6.07) is 2.47. The second kappa shape index (κ2) is 7.22. The van der Waals surface area contributed by atoms with E-state index in [4.69, 9.17) is 4.74 Å². The average Bonchev–Trinajstić information content (AvgIpc) is 2.24. The molecule has 4 nitrogen and oxygen atoms in total. The molecule has 0 spiro atoms. The Labute approximate surface area is 104 Å². The first-order valence-electron chi connectivity index (χ1n) is 6.23. The van der Waals surface area contributed by atoms with Gasteiger partial charge in [-0.3, -0.25) is 0 Å². The maximum Gasteiger partial charge on any atom is 0.316 e. The largest absolute Gasteiger partial charge is 0.463 e. The minimum Gasteiger partial charge on any atom is -0.463 e. The smallest absolute Gasteiger partial charge is 0.316 e. The van der Waals surface area contributed by atoms with Gasteiger partial charge in [0, 0.05) is 12.2 Å². The van der Waals surface area contributed by atoms with Crippen LogP contribution in [0.5, 0.6) is 6.01 Å². The van der Waals surface area contributed by atoms with E-state index >= 15 is 0 Å². The van der Waals surface area contributed by atoms with E-state index in [0.717, 1.165) is 30.3 Å². The molecule has 0 radical (unpaired) electrons. The molecule has 0 unspecified atom stereocenters. The Kier molecular flexibility index (Phi) is 5.91. The highest BCUT2D eigenvalue weighted by molar-refractivity contribution is 5.12. The van der Waals surface area contributed by atoms with E-state index in [-0.39, 0.29) is 0 Å². The third-order valence-corrected chi connectivity index (χ3v) is 2.40. The van der Waals surface area contributed by atoms with Crippen molar-refractivity contribution in [3.8, 4) is 6.01 Å². The Bertz CT molecular complexity index is 339. The predicted molar refractivity (Wildman–Crippen MR) is 69.1 cm³/mol. The lowest BCUT2D eigenvalue weighted by Gasteiger charge is -2.08. The van der Waals surface area contributed by atoms with E-state index in [0.29, 0.717) is 12.6 Å². The zero-order valence-corrected chi connectivity index (χ0v) is 11.3. The van der Waals surface area contributed by atoms with Crippen LogP contribution in [0.3, 0.4) is 0 Å². The molecule has 0 saturated carbocycles. The number of nitrogens with zero attached hydrogens (tertiary/aromatic N) is 2. The highest BCUT2D eigenvalue weighted by Gasteiger charge is 2.03. The van der Waals surface area contributed by atoms with Crippen molar-refractivity contribution in [2.45, 2.75) is 40.2 Å². The summed E-state index contributed by atoms with van der Waals surface area (Å²) >= 11 is 0. The van der Waals surface area contributed by atoms with E-state index in [1.807, 2.05) is 20.0 Å². The van der Waals surface area contributed by atoms with Crippen molar-refractivity contribution in [3.05, 3.63) is 17.5 Å². The summed E-state index contributed by atoms with van der Waals surface area (Å²) in [5.74, 6) is 0.719. The topological polar surface area (TPSA) is 47.0 Å². The zero-order chi connectivity index (χ0) is 12.7. The Hall–Kier alpha value is -1.16. The molecule has 0 saturated heterocycles. The van der Waals surface area contributed by atoms with Gasteiger partial charge in [0.1, 0.15) is 0 Å². The van der Waals surface area contributed by atoms with Gasteiger partial charge < -0.3 is 10.1 Å². The average molecular weight is 237 g/mol. The van der Waals surface area contributed by atoms with Crippen LogP contribution < -0.4 is 10.1 Å². The van der Waals surface area contributed by atoms with Crippen LogP contribution in [-0.2, 0) is 6.54 Å². The SMILES string of the molecule is CNCc1cc(C)nc(OCCCC(C)C)n1. The van der Waals surface area contributed by atoms with Crippen LogP contribution in [0.4, 0.5) is 0 Å². The van der Waals surface area contributed by atoms with Gasteiger partial charge in [0.25, 0.3) is 0 Å². The van der Waals surface area contributed by atoms with Crippen LogP contribution in [0, 0.1) is 12.8 Å². The van der Waals surface area contributed by atoms with E-state index in [2.05, 4.69) is 29.1 Å². The third kappa shape index (κ3) is 5.63. The van der Waals surface area contributed by atoms with Crippen molar-refractivity contribution in [2.24, 2.45) is 5.92 Å². The van der Waals surface area contributed by atoms with E-state index in [1.165, 1.54) is 6.42 Å². The normalized spacial score (nSPS) is 10.9. The maximum absolute atomic E-state index is 5.57. The molecule has 17 heavy (non-hydrogen) atoms. The first-order chi connectivity index (χ1) is 8.11. The predicted octanol–water partition coefficient (Wildman–Crippen LogP) is 2.32. The second-order valence-electron chi connectivity index (χ2n) is 4.70. The summed E-state index contributed by atoms with van der Waals surface area (Å²) < 4.78 is 5.57. The molecule has 0 aromatic carbocycles. The van der Waals surface area contributed by atoms with E-state index < -0.39 is 0 Å². The van der Waals surface area contributed by atoms with Gasteiger partial charge in [0.05, 0.1) is 12.3 Å². The fourth-order valence-corrected chi connectivity index (χ4v) is 1.60. The highest BCUT2D eigenvalue weighted by atomic mass is 16.5. The molecule has 0 atom stereocenters. The molecule has 4 heteroatoms. The van der Waals surface area contributed by atoms with Gasteiger partial charge in [-0.05, 0) is 38.8 Å². The fourth-order valence-electron chi connectivity index (χ4n) is 1.60. The minimum absolute atomic E-state index is 0.499. The third-order valence-electron chi connectivity index (χ3n) is 2.40. The standard InChI is InChI=1S/C13H23N3O/c1-10(2)6-5-7-17-13-15-11(3)8-12(16-13)9-14-4/h8,10,14H,5-7,9H2,1-4H3. The van der Waals surface area contributed by atoms with Crippen LogP contribution in [-0.4, -0.2) is 23.6 Å². The van der Waals surface area contributed by atoms with Gasteiger partial charge >= 0.3 is 6.01 Å². The van der Waals surface area contributed by atoms with Crippen molar-refractivity contribution >= 4 is 0 Å². The number of ether oxygens (including phenoxy) is 1. The lowest BCUT2D eigenvalue weighted by Crippen LogP contribution is -2.10. The van der Waals surface area contributed by atoms with Crippen LogP contribution in [0.15, 0.2) is 6.07 Å². The summed E-state index contributed by atoms with van der Waals surface area (Å²) in [7, 11) is 1.90. The molecule has 0 amide bonds. The van der Waals surface area contributed by atoms with Crippen molar-refractivity contribution in [1.82, 2.24) is 15.3 Å². The second-order valence-corrected chi connectivity index (χ2v) is 4.70. The minimum atomic E-state index is 0.499. The lowest BCUT2D eigenvalue weighted by molar-refractivity contribution is 0.274. The number of aryl methyl sites for hydroxylation is 1. The van der Waals surface area contributed by atoms with Gasteiger partial charge in [-0.25, -0.2) is 4.98 Å². The molecule has 0 bridgehead atoms. The monoisotopic (exact) mass is 237 g/mol. The quantitative estimate of drug-likeness (QED) is 0.739. The molecule has 0 aliphatic heterocycles. The van der Waals surface area contributed by atoms with Gasteiger partial charge in [-0.1, -0.05) is 13.8 Å². The van der Waals surface area contributed by atoms with Gasteiger partial charge in [-0.2, -0.15) is 4.98 Å². The molecular formula is C13H23N3O. The number of nitrogens with one attached hydrogen (secondary N) is 1. The molecule has 96 valence electrons. The molecule has 1 rings (SSSR count). The van der Waals surface area contributed by atoms with Crippen molar-refractivity contribution in [2.75, 3.05) is 13.7 Å². The van der Waals surface area contributed by atoms with E-state index in [9.17, 15) is 0 Å². The number of rotatable bonds is 7. The van der Waals surface area contributed by atoms with Gasteiger partial charge in [-0.15, -0.1) is 0 Å². The van der Waals surface area contributed by atoms with Crippen molar-refractivity contribution in [1.29, 1.82) is 0 Å². The lowest BCUT2D eigenvalue weighted by atomic mass is 10.1. The Balaban J connectivity index is 2.46. The van der Waals surface area contributed by atoms with Crippen molar-refractivity contribution < 1.29 is 4.74 Å². The maximum atomic E-state index is 5.57. The molecule has 0 aliphatic rings. The molecule has 0 fully saturated rings. The first kappa shape index (κ1) is 13.9. The summed E-state index contributed by atoms with van der Waals surface area (Å²) in [5.41, 5.74) is 1.92. The zero-order valence-electron chi connectivity index (χ0n) is 11.3. The number of aromatic nitrogens is 2. The molecule has 1 aromatic rings.